The summed E-state index contributed by atoms with van der Waals surface area (Å²) in [6.45, 7) is 9.39. The fourth-order valence-corrected chi connectivity index (χ4v) is 5.60. The molecule has 2 fully saturated rings. The number of benzene rings is 2. The molecule has 2 aromatic carbocycles. The van der Waals surface area contributed by atoms with Crippen LogP contribution >= 0.6 is 11.6 Å². The van der Waals surface area contributed by atoms with Crippen molar-refractivity contribution in [2.75, 3.05) is 62.7 Å². The normalized spacial score (nSPS) is 17.9. The first kappa shape index (κ1) is 29.5. The second-order valence-corrected chi connectivity index (χ2v) is 12.0. The van der Waals surface area contributed by atoms with Gasteiger partial charge in [0, 0.05) is 61.9 Å². The number of ether oxygens (including phenoxy) is 2. The highest BCUT2D eigenvalue weighted by molar-refractivity contribution is 6.30. The molecule has 2 saturated heterocycles. The maximum absolute atomic E-state index is 12.7. The molecule has 12 heteroatoms. The molecule has 224 valence electrons. The number of anilines is 2. The molecule has 1 N–H and O–H groups in total. The number of methoxy groups -OCH3 is 1. The van der Waals surface area contributed by atoms with Gasteiger partial charge in [-0.1, -0.05) is 17.7 Å². The summed E-state index contributed by atoms with van der Waals surface area (Å²) in [5.41, 5.74) is 2.13. The highest BCUT2D eigenvalue weighted by Crippen LogP contribution is 2.30. The molecule has 0 saturated carbocycles. The van der Waals surface area contributed by atoms with Crippen LogP contribution in [0, 0.1) is 0 Å². The number of aromatic nitrogens is 2. The number of hydrogen-bond donors (Lipinski definition) is 1. The molecular weight excluding hydrogens is 560 g/mol. The van der Waals surface area contributed by atoms with Gasteiger partial charge in [-0.15, -0.1) is 0 Å². The van der Waals surface area contributed by atoms with Crippen molar-refractivity contribution < 1.29 is 24.2 Å². The predicted molar refractivity (Wildman–Crippen MR) is 162 cm³/mol. The Morgan fingerprint density at radius 3 is 2.31 bits per heavy atom. The summed E-state index contributed by atoms with van der Waals surface area (Å²) in [7, 11) is 1.55. The number of carbonyl (C=O) groups excluding carboxylic acids is 1. The Labute approximate surface area is 250 Å². The van der Waals surface area contributed by atoms with Crippen molar-refractivity contribution in [3.63, 3.8) is 0 Å². The summed E-state index contributed by atoms with van der Waals surface area (Å²) in [5, 5.41) is 11.5. The third-order valence-corrected chi connectivity index (χ3v) is 7.78. The standard InChI is InChI=1S/C30H37ClN6O5/c1-30(2,3)42-29(40)36-15-16-37(28(38)39)23(19-36)17-20-5-10-24-25(18-20)32-27(41-4)33-26(24)35-13-11-34(12-14-35)22-8-6-21(31)7-9-22/h5-10,18,23H,11-17,19H2,1-4H3,(H,38,39). The number of nitrogens with zero attached hydrogens (tertiary/aromatic N) is 6. The van der Waals surface area contributed by atoms with Gasteiger partial charge in [-0.05, 0) is 69.2 Å². The van der Waals surface area contributed by atoms with Crippen molar-refractivity contribution in [1.82, 2.24) is 19.8 Å². The number of carboxylic acid groups (broad SMARTS) is 1. The van der Waals surface area contributed by atoms with Gasteiger partial charge in [0.05, 0.1) is 18.7 Å². The fourth-order valence-electron chi connectivity index (χ4n) is 5.47. The molecule has 0 aliphatic carbocycles. The van der Waals surface area contributed by atoms with E-state index in [0.717, 1.165) is 59.2 Å². The average Bonchev–Trinajstić information content (AvgIpc) is 2.96. The second kappa shape index (κ2) is 12.1. The molecule has 0 bridgehead atoms. The van der Waals surface area contributed by atoms with Crippen LogP contribution in [-0.2, 0) is 11.2 Å². The zero-order valence-corrected chi connectivity index (χ0v) is 25.2. The summed E-state index contributed by atoms with van der Waals surface area (Å²) in [5.74, 6) is 0.806. The molecule has 11 nitrogen and oxygen atoms in total. The van der Waals surface area contributed by atoms with Gasteiger partial charge in [-0.3, -0.25) is 0 Å². The lowest BCUT2D eigenvalue weighted by molar-refractivity contribution is 0.00540. The van der Waals surface area contributed by atoms with Gasteiger partial charge in [0.25, 0.3) is 0 Å². The maximum atomic E-state index is 12.7. The number of hydrogen-bond acceptors (Lipinski definition) is 8. The molecule has 1 atom stereocenters. The molecule has 2 aliphatic rings. The van der Waals surface area contributed by atoms with E-state index < -0.39 is 23.8 Å². The topological polar surface area (TPSA) is 112 Å². The molecule has 42 heavy (non-hydrogen) atoms. The third kappa shape index (κ3) is 6.73. The van der Waals surface area contributed by atoms with Crippen molar-refractivity contribution >= 4 is 46.2 Å². The SMILES string of the molecule is COc1nc(N2CCN(c3ccc(Cl)cc3)CC2)c2ccc(CC3CN(C(=O)OC(C)(C)C)CCN3C(=O)O)cc2n1. The number of carbonyl (C=O) groups is 2. The van der Waals surface area contributed by atoms with Crippen LogP contribution < -0.4 is 14.5 Å². The van der Waals surface area contributed by atoms with Crippen molar-refractivity contribution in [2.45, 2.75) is 38.8 Å². The molecule has 3 heterocycles. The van der Waals surface area contributed by atoms with Crippen LogP contribution in [0.3, 0.4) is 0 Å². The molecule has 3 aromatic rings. The van der Waals surface area contributed by atoms with Crippen LogP contribution in [-0.4, -0.2) is 102 Å². The zero-order valence-electron chi connectivity index (χ0n) is 24.4. The average molecular weight is 597 g/mol. The van der Waals surface area contributed by atoms with Crippen LogP contribution in [0.15, 0.2) is 42.5 Å². The van der Waals surface area contributed by atoms with Crippen molar-refractivity contribution in [3.8, 4) is 6.01 Å². The van der Waals surface area contributed by atoms with E-state index in [9.17, 15) is 14.7 Å². The number of amides is 2. The van der Waals surface area contributed by atoms with E-state index in [4.69, 9.17) is 26.1 Å². The van der Waals surface area contributed by atoms with Crippen LogP contribution in [0.25, 0.3) is 10.9 Å². The molecular formula is C30H37ClN6O5. The monoisotopic (exact) mass is 596 g/mol. The number of halogens is 1. The van der Waals surface area contributed by atoms with Gasteiger partial charge < -0.3 is 34.2 Å². The van der Waals surface area contributed by atoms with E-state index in [2.05, 4.69) is 14.8 Å². The minimum atomic E-state index is -1.01. The minimum absolute atomic E-state index is 0.217. The molecule has 2 amide bonds. The van der Waals surface area contributed by atoms with E-state index in [1.54, 1.807) is 12.0 Å². The minimum Gasteiger partial charge on any atom is -0.467 e. The lowest BCUT2D eigenvalue weighted by Crippen LogP contribution is -2.57. The molecule has 2 aliphatic heterocycles. The van der Waals surface area contributed by atoms with Crippen LogP contribution in [0.4, 0.5) is 21.1 Å². The lowest BCUT2D eigenvalue weighted by Gasteiger charge is -2.40. The Morgan fingerprint density at radius 1 is 0.976 bits per heavy atom. The summed E-state index contributed by atoms with van der Waals surface area (Å²) >= 11 is 6.06. The van der Waals surface area contributed by atoms with E-state index in [0.29, 0.717) is 6.42 Å². The molecule has 1 aromatic heterocycles. The van der Waals surface area contributed by atoms with E-state index in [-0.39, 0.29) is 25.6 Å². The van der Waals surface area contributed by atoms with Crippen LogP contribution in [0.5, 0.6) is 6.01 Å². The Morgan fingerprint density at radius 2 is 1.67 bits per heavy atom. The highest BCUT2D eigenvalue weighted by Gasteiger charge is 2.34. The molecule has 0 spiro atoms. The van der Waals surface area contributed by atoms with Gasteiger partial charge in [-0.2, -0.15) is 9.97 Å². The van der Waals surface area contributed by atoms with Crippen LogP contribution in [0.2, 0.25) is 5.02 Å². The largest absolute Gasteiger partial charge is 0.467 e. The van der Waals surface area contributed by atoms with Crippen molar-refractivity contribution in [1.29, 1.82) is 0 Å². The van der Waals surface area contributed by atoms with E-state index in [1.807, 2.05) is 63.2 Å². The first-order chi connectivity index (χ1) is 20.0. The zero-order chi connectivity index (χ0) is 30.0. The lowest BCUT2D eigenvalue weighted by atomic mass is 10.0. The predicted octanol–water partition coefficient (Wildman–Crippen LogP) is 4.76. The first-order valence-electron chi connectivity index (χ1n) is 14.1. The number of piperazine rings is 2. The third-order valence-electron chi connectivity index (χ3n) is 7.53. The quantitative estimate of drug-likeness (QED) is 0.445. The first-order valence-corrected chi connectivity index (χ1v) is 14.5. The molecule has 0 radical (unpaired) electrons. The highest BCUT2D eigenvalue weighted by atomic mass is 35.5. The maximum Gasteiger partial charge on any atom is 0.410 e. The van der Waals surface area contributed by atoms with Gasteiger partial charge in [-0.25, -0.2) is 9.59 Å². The van der Waals surface area contributed by atoms with E-state index >= 15 is 0 Å². The van der Waals surface area contributed by atoms with Crippen molar-refractivity contribution in [3.05, 3.63) is 53.1 Å². The fraction of sp³-hybridized carbons (Fsp3) is 0.467. The van der Waals surface area contributed by atoms with Crippen molar-refractivity contribution in [2.24, 2.45) is 0 Å². The van der Waals surface area contributed by atoms with Gasteiger partial charge in [0.1, 0.15) is 11.4 Å². The van der Waals surface area contributed by atoms with Gasteiger partial charge in [0.15, 0.2) is 0 Å². The number of fused-ring (bicyclic) bond motifs is 1. The molecule has 5 rings (SSSR count). The Balaban J connectivity index is 1.35. The Bertz CT molecular complexity index is 1440. The Kier molecular flexibility index (Phi) is 8.49. The smallest absolute Gasteiger partial charge is 0.410 e. The van der Waals surface area contributed by atoms with E-state index in [1.165, 1.54) is 4.90 Å². The summed E-state index contributed by atoms with van der Waals surface area (Å²) in [6, 6.07) is 13.7. The summed E-state index contributed by atoms with van der Waals surface area (Å²) in [6.07, 6.45) is -1.02. The van der Waals surface area contributed by atoms with Gasteiger partial charge in [0.2, 0.25) is 0 Å². The molecule has 1 unspecified atom stereocenters. The van der Waals surface area contributed by atoms with Gasteiger partial charge >= 0.3 is 18.2 Å². The number of rotatable bonds is 5. The second-order valence-electron chi connectivity index (χ2n) is 11.6. The Hall–Kier alpha value is -3.99. The van der Waals surface area contributed by atoms with Crippen LogP contribution in [0.1, 0.15) is 26.3 Å². The summed E-state index contributed by atoms with van der Waals surface area (Å²) < 4.78 is 11.0. The summed E-state index contributed by atoms with van der Waals surface area (Å²) in [4.78, 5) is 41.6.